The SMILES string of the molecule is O=C(NCc1sccc1C#CCO)c1ccc(Cl)c(F)c1. The molecule has 0 atom stereocenters. The smallest absolute Gasteiger partial charge is 0.251 e. The van der Waals surface area contributed by atoms with Crippen LogP contribution in [0.2, 0.25) is 5.02 Å². The Labute approximate surface area is 130 Å². The highest BCUT2D eigenvalue weighted by molar-refractivity contribution is 7.10. The maximum absolute atomic E-state index is 13.3. The molecule has 1 aromatic heterocycles. The Morgan fingerprint density at radius 1 is 1.43 bits per heavy atom. The quantitative estimate of drug-likeness (QED) is 0.853. The molecule has 108 valence electrons. The molecule has 1 amide bonds. The van der Waals surface area contributed by atoms with Gasteiger partial charge in [0.15, 0.2) is 0 Å². The lowest BCUT2D eigenvalue weighted by atomic mass is 10.2. The van der Waals surface area contributed by atoms with Crippen LogP contribution in [0.25, 0.3) is 0 Å². The maximum Gasteiger partial charge on any atom is 0.251 e. The van der Waals surface area contributed by atoms with Crippen LogP contribution >= 0.6 is 22.9 Å². The predicted molar refractivity (Wildman–Crippen MR) is 80.9 cm³/mol. The third-order valence-corrected chi connectivity index (χ3v) is 3.87. The summed E-state index contributed by atoms with van der Waals surface area (Å²) < 4.78 is 13.3. The molecular formula is C15H11ClFNO2S. The average Bonchev–Trinajstić information content (AvgIpc) is 2.92. The largest absolute Gasteiger partial charge is 0.384 e. The summed E-state index contributed by atoms with van der Waals surface area (Å²) in [5.41, 5.74) is 0.966. The molecule has 0 unspecified atom stereocenters. The zero-order valence-corrected chi connectivity index (χ0v) is 12.4. The fraction of sp³-hybridized carbons (Fsp3) is 0.133. The highest BCUT2D eigenvalue weighted by atomic mass is 35.5. The third kappa shape index (κ3) is 4.05. The zero-order chi connectivity index (χ0) is 15.2. The minimum atomic E-state index is -0.630. The Bertz CT molecular complexity index is 718. The number of aliphatic hydroxyl groups excluding tert-OH is 1. The summed E-state index contributed by atoms with van der Waals surface area (Å²) in [5.74, 6) is 4.35. The topological polar surface area (TPSA) is 49.3 Å². The predicted octanol–water partition coefficient (Wildman–Crippen LogP) is 2.81. The number of hydrogen-bond acceptors (Lipinski definition) is 3. The lowest BCUT2D eigenvalue weighted by Crippen LogP contribution is -2.22. The van der Waals surface area contributed by atoms with Crippen LogP contribution in [-0.2, 0) is 6.54 Å². The van der Waals surface area contributed by atoms with Crippen molar-refractivity contribution in [3.8, 4) is 11.8 Å². The summed E-state index contributed by atoms with van der Waals surface area (Å²) in [5, 5.41) is 13.2. The molecule has 0 aliphatic carbocycles. The van der Waals surface area contributed by atoms with Gasteiger partial charge in [-0.05, 0) is 29.6 Å². The van der Waals surface area contributed by atoms with Crippen molar-refractivity contribution in [2.75, 3.05) is 6.61 Å². The Kier molecular flexibility index (Phi) is 5.34. The monoisotopic (exact) mass is 323 g/mol. The van der Waals surface area contributed by atoms with Gasteiger partial charge in [0.1, 0.15) is 12.4 Å². The number of rotatable bonds is 3. The normalized spacial score (nSPS) is 9.86. The summed E-state index contributed by atoms with van der Waals surface area (Å²) in [6.07, 6.45) is 0. The molecule has 1 heterocycles. The lowest BCUT2D eigenvalue weighted by Gasteiger charge is -2.05. The lowest BCUT2D eigenvalue weighted by molar-refractivity contribution is 0.0951. The number of aliphatic hydroxyl groups is 1. The van der Waals surface area contributed by atoms with Crippen molar-refractivity contribution < 1.29 is 14.3 Å². The molecule has 0 aliphatic rings. The fourth-order valence-electron chi connectivity index (χ4n) is 1.62. The first-order valence-electron chi connectivity index (χ1n) is 6.01. The second-order valence-corrected chi connectivity index (χ2v) is 5.44. The summed E-state index contributed by atoms with van der Waals surface area (Å²) in [4.78, 5) is 12.8. The van der Waals surface area contributed by atoms with Gasteiger partial charge < -0.3 is 10.4 Å². The van der Waals surface area contributed by atoms with Gasteiger partial charge in [0.05, 0.1) is 11.6 Å². The minimum Gasteiger partial charge on any atom is -0.384 e. The van der Waals surface area contributed by atoms with Crippen LogP contribution in [0.15, 0.2) is 29.6 Å². The molecule has 0 spiro atoms. The molecule has 0 saturated carbocycles. The average molecular weight is 324 g/mol. The Hall–Kier alpha value is -1.87. The summed E-state index contributed by atoms with van der Waals surface area (Å²) in [7, 11) is 0. The van der Waals surface area contributed by atoms with Gasteiger partial charge in [-0.1, -0.05) is 23.4 Å². The molecule has 0 radical (unpaired) electrons. The number of amides is 1. The van der Waals surface area contributed by atoms with Crippen molar-refractivity contribution in [2.24, 2.45) is 0 Å². The van der Waals surface area contributed by atoms with Crippen LogP contribution in [0.4, 0.5) is 4.39 Å². The highest BCUT2D eigenvalue weighted by Gasteiger charge is 2.10. The van der Waals surface area contributed by atoms with E-state index in [4.69, 9.17) is 16.7 Å². The van der Waals surface area contributed by atoms with Crippen LogP contribution in [-0.4, -0.2) is 17.6 Å². The molecule has 1 aromatic carbocycles. The van der Waals surface area contributed by atoms with E-state index in [1.807, 2.05) is 11.4 Å². The van der Waals surface area contributed by atoms with Crippen molar-refractivity contribution in [1.82, 2.24) is 5.32 Å². The molecular weight excluding hydrogens is 313 g/mol. The van der Waals surface area contributed by atoms with Crippen LogP contribution in [0, 0.1) is 17.7 Å². The van der Waals surface area contributed by atoms with Gasteiger partial charge in [-0.3, -0.25) is 4.79 Å². The van der Waals surface area contributed by atoms with Crippen LogP contribution in [0.5, 0.6) is 0 Å². The third-order valence-electron chi connectivity index (χ3n) is 2.64. The molecule has 0 saturated heterocycles. The minimum absolute atomic E-state index is 0.0219. The molecule has 2 N–H and O–H groups in total. The number of hydrogen-bond donors (Lipinski definition) is 2. The number of thiophene rings is 1. The molecule has 0 bridgehead atoms. The van der Waals surface area contributed by atoms with Gasteiger partial charge in [-0.25, -0.2) is 4.39 Å². The molecule has 2 aromatic rings. The van der Waals surface area contributed by atoms with Gasteiger partial charge in [0.2, 0.25) is 0 Å². The van der Waals surface area contributed by atoms with Crippen molar-refractivity contribution in [2.45, 2.75) is 6.54 Å². The van der Waals surface area contributed by atoms with Gasteiger partial charge >= 0.3 is 0 Å². The Morgan fingerprint density at radius 3 is 2.95 bits per heavy atom. The highest BCUT2D eigenvalue weighted by Crippen LogP contribution is 2.17. The summed E-state index contributed by atoms with van der Waals surface area (Å²) >= 11 is 7.02. The van der Waals surface area contributed by atoms with Crippen LogP contribution in [0.3, 0.4) is 0 Å². The molecule has 0 aliphatic heterocycles. The Balaban J connectivity index is 2.04. The number of benzene rings is 1. The van der Waals surface area contributed by atoms with Crippen molar-refractivity contribution >= 4 is 28.8 Å². The second kappa shape index (κ2) is 7.23. The summed E-state index contributed by atoms with van der Waals surface area (Å²) in [6.45, 7) is 0.0713. The zero-order valence-electron chi connectivity index (χ0n) is 10.8. The number of nitrogens with one attached hydrogen (secondary N) is 1. The van der Waals surface area contributed by atoms with Crippen molar-refractivity contribution in [3.05, 3.63) is 56.5 Å². The number of halogens is 2. The number of carbonyl (C=O) groups excluding carboxylic acids is 1. The van der Waals surface area contributed by atoms with Gasteiger partial charge in [0, 0.05) is 16.0 Å². The van der Waals surface area contributed by atoms with E-state index in [-0.39, 0.29) is 29.6 Å². The first-order valence-corrected chi connectivity index (χ1v) is 7.27. The maximum atomic E-state index is 13.3. The van der Waals surface area contributed by atoms with Gasteiger partial charge in [-0.15, -0.1) is 11.3 Å². The van der Waals surface area contributed by atoms with E-state index in [1.165, 1.54) is 23.5 Å². The van der Waals surface area contributed by atoms with E-state index in [0.29, 0.717) is 0 Å². The first-order chi connectivity index (χ1) is 10.1. The molecule has 6 heteroatoms. The van der Waals surface area contributed by atoms with E-state index in [2.05, 4.69) is 17.2 Å². The van der Waals surface area contributed by atoms with Crippen LogP contribution in [0.1, 0.15) is 20.8 Å². The van der Waals surface area contributed by atoms with Gasteiger partial charge in [0.25, 0.3) is 5.91 Å². The Morgan fingerprint density at radius 2 is 2.24 bits per heavy atom. The molecule has 3 nitrogen and oxygen atoms in total. The number of carbonyl (C=O) groups is 1. The van der Waals surface area contributed by atoms with E-state index in [9.17, 15) is 9.18 Å². The fourth-order valence-corrected chi connectivity index (χ4v) is 2.51. The first kappa shape index (κ1) is 15.5. The van der Waals surface area contributed by atoms with E-state index in [1.54, 1.807) is 0 Å². The van der Waals surface area contributed by atoms with Crippen LogP contribution < -0.4 is 5.32 Å². The second-order valence-electron chi connectivity index (χ2n) is 4.03. The van der Waals surface area contributed by atoms with E-state index in [0.717, 1.165) is 16.5 Å². The van der Waals surface area contributed by atoms with E-state index >= 15 is 0 Å². The van der Waals surface area contributed by atoms with Gasteiger partial charge in [-0.2, -0.15) is 0 Å². The van der Waals surface area contributed by atoms with Crippen molar-refractivity contribution in [3.63, 3.8) is 0 Å². The standard InChI is InChI=1S/C15H11ClFNO2S/c16-12-4-3-11(8-13(12)17)15(20)18-9-14-10(2-1-6-19)5-7-21-14/h3-5,7-8,19H,6,9H2,(H,18,20). The molecule has 2 rings (SSSR count). The van der Waals surface area contributed by atoms with Crippen molar-refractivity contribution in [1.29, 1.82) is 0 Å². The van der Waals surface area contributed by atoms with E-state index < -0.39 is 5.82 Å². The summed E-state index contributed by atoms with van der Waals surface area (Å²) in [6, 6.07) is 5.71. The molecule has 21 heavy (non-hydrogen) atoms. The molecule has 0 fully saturated rings.